The van der Waals surface area contributed by atoms with Crippen molar-refractivity contribution in [1.82, 2.24) is 0 Å². The van der Waals surface area contributed by atoms with Gasteiger partial charge in [0.1, 0.15) is 0 Å². The molecule has 0 saturated carbocycles. The minimum atomic E-state index is -3.64. The van der Waals surface area contributed by atoms with Crippen LogP contribution < -0.4 is 10.0 Å². The Morgan fingerprint density at radius 1 is 1.14 bits per heavy atom. The van der Waals surface area contributed by atoms with Gasteiger partial charge in [0.05, 0.1) is 16.5 Å². The van der Waals surface area contributed by atoms with Crippen molar-refractivity contribution in [2.24, 2.45) is 0 Å². The Morgan fingerprint density at radius 3 is 2.62 bits per heavy atom. The molecule has 2 aromatic carbocycles. The van der Waals surface area contributed by atoms with Crippen LogP contribution in [0, 0.1) is 11.3 Å². The van der Waals surface area contributed by atoms with Crippen LogP contribution in [0.3, 0.4) is 0 Å². The Labute approximate surface area is 123 Å². The highest BCUT2D eigenvalue weighted by Crippen LogP contribution is 2.26. The van der Waals surface area contributed by atoms with Crippen LogP contribution in [-0.2, 0) is 16.4 Å². The van der Waals surface area contributed by atoms with E-state index in [9.17, 15) is 8.42 Å². The monoisotopic (exact) mass is 299 g/mol. The summed E-state index contributed by atoms with van der Waals surface area (Å²) in [6.45, 7) is 0.876. The first-order valence-electron chi connectivity index (χ1n) is 6.48. The zero-order valence-corrected chi connectivity index (χ0v) is 11.9. The third-order valence-corrected chi connectivity index (χ3v) is 4.76. The summed E-state index contributed by atoms with van der Waals surface area (Å²) in [5.41, 5.74) is 3.13. The third kappa shape index (κ3) is 2.69. The number of nitrogens with one attached hydrogen (secondary N) is 2. The molecule has 2 N–H and O–H groups in total. The minimum absolute atomic E-state index is 0.139. The molecule has 0 bridgehead atoms. The predicted molar refractivity (Wildman–Crippen MR) is 80.6 cm³/mol. The van der Waals surface area contributed by atoms with Gasteiger partial charge >= 0.3 is 0 Å². The van der Waals surface area contributed by atoms with Gasteiger partial charge < -0.3 is 5.32 Å². The summed E-state index contributed by atoms with van der Waals surface area (Å²) < 4.78 is 27.1. The normalized spacial score (nSPS) is 13.1. The number of nitriles is 1. The quantitative estimate of drug-likeness (QED) is 0.911. The van der Waals surface area contributed by atoms with E-state index >= 15 is 0 Å². The molecule has 0 fully saturated rings. The highest BCUT2D eigenvalue weighted by Gasteiger charge is 2.16. The molecular formula is C15H13N3O2S. The Bertz CT molecular complexity index is 821. The number of hydrogen-bond donors (Lipinski definition) is 2. The molecule has 0 aromatic heterocycles. The van der Waals surface area contributed by atoms with E-state index in [0.29, 0.717) is 11.3 Å². The van der Waals surface area contributed by atoms with E-state index in [4.69, 9.17) is 5.26 Å². The fourth-order valence-electron chi connectivity index (χ4n) is 2.29. The van der Waals surface area contributed by atoms with Crippen molar-refractivity contribution in [3.8, 4) is 6.07 Å². The number of fused-ring (bicyclic) bond motifs is 1. The third-order valence-electron chi connectivity index (χ3n) is 3.36. The lowest BCUT2D eigenvalue weighted by atomic mass is 10.1. The van der Waals surface area contributed by atoms with Crippen molar-refractivity contribution in [3.63, 3.8) is 0 Å². The lowest BCUT2D eigenvalue weighted by Gasteiger charge is -2.09. The lowest BCUT2D eigenvalue weighted by molar-refractivity contribution is 0.601. The van der Waals surface area contributed by atoms with Crippen LogP contribution in [0.25, 0.3) is 0 Å². The van der Waals surface area contributed by atoms with E-state index in [2.05, 4.69) is 10.0 Å². The Balaban J connectivity index is 1.87. The van der Waals surface area contributed by atoms with Gasteiger partial charge in [-0.05, 0) is 54.4 Å². The molecule has 2 aromatic rings. The summed E-state index contributed by atoms with van der Waals surface area (Å²) in [5, 5.41) is 12.0. The summed E-state index contributed by atoms with van der Waals surface area (Å²) in [4.78, 5) is 0.139. The number of rotatable bonds is 3. The fourth-order valence-corrected chi connectivity index (χ4v) is 3.34. The van der Waals surface area contributed by atoms with Crippen molar-refractivity contribution in [3.05, 3.63) is 53.6 Å². The number of anilines is 2. The molecule has 0 saturated heterocycles. The molecular weight excluding hydrogens is 286 g/mol. The average Bonchev–Trinajstić information content (AvgIpc) is 2.94. The molecule has 0 amide bonds. The highest BCUT2D eigenvalue weighted by molar-refractivity contribution is 7.92. The van der Waals surface area contributed by atoms with Gasteiger partial charge in [-0.25, -0.2) is 8.42 Å². The maximum Gasteiger partial charge on any atom is 0.261 e. The average molecular weight is 299 g/mol. The standard InChI is InChI=1S/C15H13N3O2S/c16-10-11-1-4-14(5-2-11)21(19,20)18-13-3-6-15-12(9-13)7-8-17-15/h1-6,9,17-18H,7-8H2. The summed E-state index contributed by atoms with van der Waals surface area (Å²) in [6.07, 6.45) is 0.891. The molecule has 5 nitrogen and oxygen atoms in total. The smallest absolute Gasteiger partial charge is 0.261 e. The van der Waals surface area contributed by atoms with Crippen molar-refractivity contribution in [2.45, 2.75) is 11.3 Å². The molecule has 0 atom stereocenters. The molecule has 106 valence electrons. The van der Waals surface area contributed by atoms with Gasteiger partial charge in [0, 0.05) is 17.9 Å². The maximum absolute atomic E-state index is 12.3. The Hall–Kier alpha value is -2.52. The van der Waals surface area contributed by atoms with E-state index in [-0.39, 0.29) is 4.90 Å². The maximum atomic E-state index is 12.3. The summed E-state index contributed by atoms with van der Waals surface area (Å²) in [6, 6.07) is 13.2. The van der Waals surface area contributed by atoms with E-state index in [1.54, 1.807) is 6.07 Å². The number of hydrogen-bond acceptors (Lipinski definition) is 4. The molecule has 21 heavy (non-hydrogen) atoms. The van der Waals surface area contributed by atoms with Crippen LogP contribution in [0.1, 0.15) is 11.1 Å². The topological polar surface area (TPSA) is 82.0 Å². The molecule has 0 unspecified atom stereocenters. The van der Waals surface area contributed by atoms with Crippen LogP contribution in [-0.4, -0.2) is 15.0 Å². The summed E-state index contributed by atoms with van der Waals surface area (Å²) in [7, 11) is -3.64. The van der Waals surface area contributed by atoms with Crippen molar-refractivity contribution < 1.29 is 8.42 Å². The molecule has 0 aliphatic carbocycles. The van der Waals surface area contributed by atoms with Crippen molar-refractivity contribution >= 4 is 21.4 Å². The highest BCUT2D eigenvalue weighted by atomic mass is 32.2. The van der Waals surface area contributed by atoms with E-state index < -0.39 is 10.0 Å². The number of sulfonamides is 1. The van der Waals surface area contributed by atoms with Gasteiger partial charge in [0.2, 0.25) is 0 Å². The molecule has 1 aliphatic rings. The zero-order chi connectivity index (χ0) is 14.9. The van der Waals surface area contributed by atoms with Crippen LogP contribution in [0.15, 0.2) is 47.4 Å². The van der Waals surface area contributed by atoms with Crippen molar-refractivity contribution in [2.75, 3.05) is 16.6 Å². The van der Waals surface area contributed by atoms with Crippen molar-refractivity contribution in [1.29, 1.82) is 5.26 Å². The van der Waals surface area contributed by atoms with Crippen LogP contribution >= 0.6 is 0 Å². The number of nitrogens with zero attached hydrogens (tertiary/aromatic N) is 1. The van der Waals surface area contributed by atoms with Crippen LogP contribution in [0.4, 0.5) is 11.4 Å². The van der Waals surface area contributed by atoms with Gasteiger partial charge in [0.25, 0.3) is 10.0 Å². The molecule has 1 heterocycles. The molecule has 0 radical (unpaired) electrons. The second-order valence-corrected chi connectivity index (χ2v) is 6.47. The minimum Gasteiger partial charge on any atom is -0.384 e. The van der Waals surface area contributed by atoms with Gasteiger partial charge in [-0.3, -0.25) is 4.72 Å². The van der Waals surface area contributed by atoms with Gasteiger partial charge in [-0.1, -0.05) is 0 Å². The zero-order valence-electron chi connectivity index (χ0n) is 11.1. The molecule has 1 aliphatic heterocycles. The second-order valence-electron chi connectivity index (χ2n) is 4.79. The fraction of sp³-hybridized carbons (Fsp3) is 0.133. The molecule has 0 spiro atoms. The second kappa shape index (κ2) is 5.11. The largest absolute Gasteiger partial charge is 0.384 e. The van der Waals surface area contributed by atoms with E-state index in [0.717, 1.165) is 24.2 Å². The van der Waals surface area contributed by atoms with Gasteiger partial charge in [-0.2, -0.15) is 5.26 Å². The Kier molecular flexibility index (Phi) is 3.28. The Morgan fingerprint density at radius 2 is 1.90 bits per heavy atom. The first-order chi connectivity index (χ1) is 10.1. The summed E-state index contributed by atoms with van der Waals surface area (Å²) in [5.74, 6) is 0. The van der Waals surface area contributed by atoms with Crippen LogP contribution in [0.5, 0.6) is 0 Å². The van der Waals surface area contributed by atoms with Gasteiger partial charge in [0.15, 0.2) is 0 Å². The predicted octanol–water partition coefficient (Wildman–Crippen LogP) is 2.33. The van der Waals surface area contributed by atoms with Crippen LogP contribution in [0.2, 0.25) is 0 Å². The number of benzene rings is 2. The SMILES string of the molecule is N#Cc1ccc(S(=O)(=O)Nc2ccc3c(c2)CCN3)cc1. The van der Waals surface area contributed by atoms with E-state index in [1.807, 2.05) is 18.2 Å². The molecule has 3 rings (SSSR count). The van der Waals surface area contributed by atoms with Gasteiger partial charge in [-0.15, -0.1) is 0 Å². The van der Waals surface area contributed by atoms with E-state index in [1.165, 1.54) is 24.3 Å². The first-order valence-corrected chi connectivity index (χ1v) is 7.96. The summed E-state index contributed by atoms with van der Waals surface area (Å²) >= 11 is 0. The molecule has 6 heteroatoms. The lowest BCUT2D eigenvalue weighted by Crippen LogP contribution is -2.13. The first kappa shape index (κ1) is 13.5.